The van der Waals surface area contributed by atoms with E-state index >= 15 is 0 Å². The van der Waals surface area contributed by atoms with Crippen molar-refractivity contribution < 1.29 is 9.53 Å². The minimum absolute atomic E-state index is 0.0244. The number of carbonyl (C=O) groups excluding carboxylic acids is 1. The van der Waals surface area contributed by atoms with Crippen molar-refractivity contribution in [2.75, 3.05) is 6.61 Å². The lowest BCUT2D eigenvalue weighted by Crippen LogP contribution is -2.44. The molecule has 0 spiro atoms. The number of hydrogen-bond donors (Lipinski definition) is 0. The fraction of sp³-hybridized carbons (Fsp3) is 0.600. The largest absolute Gasteiger partial charge is 0.466 e. The summed E-state index contributed by atoms with van der Waals surface area (Å²) in [6, 6.07) is 6.58. The van der Waals surface area contributed by atoms with E-state index in [0.717, 1.165) is 53.8 Å². The van der Waals surface area contributed by atoms with Gasteiger partial charge in [-0.2, -0.15) is 5.10 Å². The molecule has 0 saturated carbocycles. The molecule has 6 heteroatoms. The van der Waals surface area contributed by atoms with Gasteiger partial charge in [-0.15, -0.1) is 0 Å². The normalized spacial score (nSPS) is 28.2. The van der Waals surface area contributed by atoms with Crippen molar-refractivity contribution in [1.82, 2.24) is 14.7 Å². The Morgan fingerprint density at radius 1 is 1.38 bits per heavy atom. The summed E-state index contributed by atoms with van der Waals surface area (Å²) < 4.78 is 7.35. The van der Waals surface area contributed by atoms with Gasteiger partial charge in [0.1, 0.15) is 0 Å². The van der Waals surface area contributed by atoms with Crippen molar-refractivity contribution in [3.63, 3.8) is 0 Å². The van der Waals surface area contributed by atoms with Gasteiger partial charge in [0.15, 0.2) is 0 Å². The van der Waals surface area contributed by atoms with E-state index in [4.69, 9.17) is 21.4 Å². The van der Waals surface area contributed by atoms with Gasteiger partial charge < -0.3 is 4.74 Å². The van der Waals surface area contributed by atoms with Gasteiger partial charge in [-0.05, 0) is 44.7 Å². The number of esters is 1. The van der Waals surface area contributed by atoms with Gasteiger partial charge in [0, 0.05) is 31.1 Å². The minimum Gasteiger partial charge on any atom is -0.466 e. The van der Waals surface area contributed by atoms with E-state index < -0.39 is 0 Å². The molecule has 0 aliphatic carbocycles. The molecule has 0 radical (unpaired) electrons. The third-order valence-corrected chi connectivity index (χ3v) is 6.74. The number of halogens is 1. The second-order valence-electron chi connectivity index (χ2n) is 7.56. The average Bonchev–Trinajstić information content (AvgIpc) is 3.26. The number of aromatic nitrogens is 2. The minimum atomic E-state index is -0.368. The number of ether oxygens (including phenoxy) is 1. The van der Waals surface area contributed by atoms with E-state index in [1.54, 1.807) is 0 Å². The van der Waals surface area contributed by atoms with Crippen molar-refractivity contribution in [2.24, 2.45) is 12.5 Å². The molecule has 2 saturated heterocycles. The summed E-state index contributed by atoms with van der Waals surface area (Å²) in [5, 5.41) is 6.51. The molecule has 2 aliphatic heterocycles. The highest BCUT2D eigenvalue weighted by atomic mass is 35.5. The molecular weight excluding hydrogens is 350 g/mol. The van der Waals surface area contributed by atoms with Gasteiger partial charge >= 0.3 is 5.97 Å². The Balaban J connectivity index is 1.67. The first-order valence-corrected chi connectivity index (χ1v) is 9.92. The zero-order chi connectivity index (χ0) is 18.5. The molecule has 2 fully saturated rings. The Kier molecular flexibility index (Phi) is 4.48. The first-order valence-electron chi connectivity index (χ1n) is 9.55. The number of aryl methyl sites for hydroxylation is 1. The van der Waals surface area contributed by atoms with Crippen LogP contribution in [-0.4, -0.2) is 39.3 Å². The van der Waals surface area contributed by atoms with Gasteiger partial charge in [0.05, 0.1) is 28.3 Å². The molecular formula is C20H26ClN3O2. The summed E-state index contributed by atoms with van der Waals surface area (Å²) in [5.74, 6) is -0.0244. The molecule has 2 aliphatic rings. The Bertz CT molecular complexity index is 849. The first-order chi connectivity index (χ1) is 12.5. The van der Waals surface area contributed by atoms with E-state index in [-0.39, 0.29) is 17.4 Å². The fourth-order valence-corrected chi connectivity index (χ4v) is 5.48. The molecule has 1 aromatic heterocycles. The van der Waals surface area contributed by atoms with Crippen LogP contribution in [0.15, 0.2) is 18.2 Å². The monoisotopic (exact) mass is 375 g/mol. The number of fused-ring (bicyclic) bond motifs is 3. The molecule has 0 amide bonds. The van der Waals surface area contributed by atoms with Crippen LogP contribution in [0.1, 0.15) is 45.2 Å². The van der Waals surface area contributed by atoms with Gasteiger partial charge in [-0.1, -0.05) is 24.6 Å². The maximum absolute atomic E-state index is 12.8. The smallest absolute Gasteiger partial charge is 0.313 e. The van der Waals surface area contributed by atoms with E-state index in [0.29, 0.717) is 12.6 Å². The van der Waals surface area contributed by atoms with Crippen LogP contribution in [0.3, 0.4) is 0 Å². The lowest BCUT2D eigenvalue weighted by atomic mass is 9.72. The van der Waals surface area contributed by atoms with Gasteiger partial charge in [0.25, 0.3) is 0 Å². The van der Waals surface area contributed by atoms with Gasteiger partial charge in [-0.25, -0.2) is 0 Å². The van der Waals surface area contributed by atoms with E-state index in [2.05, 4.69) is 11.8 Å². The number of benzene rings is 1. The quantitative estimate of drug-likeness (QED) is 0.743. The lowest BCUT2D eigenvalue weighted by Gasteiger charge is -2.34. The summed E-state index contributed by atoms with van der Waals surface area (Å²) in [6.45, 7) is 5.17. The second kappa shape index (κ2) is 6.54. The Labute approximate surface area is 159 Å². The van der Waals surface area contributed by atoms with Crippen molar-refractivity contribution in [2.45, 2.75) is 58.2 Å². The molecule has 2 bridgehead atoms. The van der Waals surface area contributed by atoms with Crippen LogP contribution in [0.25, 0.3) is 10.9 Å². The molecule has 140 valence electrons. The third kappa shape index (κ3) is 2.48. The summed E-state index contributed by atoms with van der Waals surface area (Å²) >= 11 is 6.48. The summed E-state index contributed by atoms with van der Waals surface area (Å²) in [7, 11) is 1.95. The van der Waals surface area contributed by atoms with Crippen LogP contribution >= 0.6 is 11.6 Å². The molecule has 0 N–H and O–H groups in total. The molecule has 2 aromatic rings. The molecule has 0 unspecified atom stereocenters. The van der Waals surface area contributed by atoms with Gasteiger partial charge in [0.2, 0.25) is 0 Å². The van der Waals surface area contributed by atoms with Crippen molar-refractivity contribution >= 4 is 28.5 Å². The highest BCUT2D eigenvalue weighted by Crippen LogP contribution is 2.53. The van der Waals surface area contributed by atoms with Crippen molar-refractivity contribution in [3.05, 3.63) is 28.9 Å². The molecule has 3 heterocycles. The maximum Gasteiger partial charge on any atom is 0.313 e. The molecule has 4 rings (SSSR count). The van der Waals surface area contributed by atoms with E-state index in [9.17, 15) is 4.79 Å². The maximum atomic E-state index is 12.8. The van der Waals surface area contributed by atoms with Crippen LogP contribution in [-0.2, 0) is 23.1 Å². The number of carbonyl (C=O) groups is 1. The lowest BCUT2D eigenvalue weighted by molar-refractivity contribution is -0.157. The third-order valence-electron chi connectivity index (χ3n) is 6.43. The van der Waals surface area contributed by atoms with Crippen LogP contribution in [0.2, 0.25) is 5.02 Å². The van der Waals surface area contributed by atoms with Crippen LogP contribution in [0.5, 0.6) is 0 Å². The Hall–Kier alpha value is -1.59. The number of hydrogen-bond acceptors (Lipinski definition) is 4. The first kappa shape index (κ1) is 17.8. The molecule has 1 aromatic carbocycles. The summed E-state index contributed by atoms with van der Waals surface area (Å²) in [6.07, 6.45) is 3.92. The molecule has 26 heavy (non-hydrogen) atoms. The Morgan fingerprint density at radius 2 is 2.19 bits per heavy atom. The predicted octanol–water partition coefficient (Wildman–Crippen LogP) is 3.92. The van der Waals surface area contributed by atoms with Crippen molar-refractivity contribution in [3.8, 4) is 0 Å². The van der Waals surface area contributed by atoms with E-state index in [1.165, 1.54) is 0 Å². The SMILES string of the molecule is CCOC(=O)[C@]1(CC)C[C@@H]2CC[C@H]1N2Cc1nn(C)c2cccc(Cl)c12. The fourth-order valence-electron chi connectivity index (χ4n) is 5.20. The van der Waals surface area contributed by atoms with Crippen LogP contribution < -0.4 is 0 Å². The molecule has 3 atom stereocenters. The zero-order valence-electron chi connectivity index (χ0n) is 15.7. The standard InChI is InChI=1S/C20H26ClN3O2/c1-4-20(19(25)26-5-2)11-13-9-10-17(20)24(13)12-15-18-14(21)7-6-8-16(18)23(3)22-15/h6-8,13,17H,4-5,9-12H2,1-3H3/t13-,17+,20+/m0/s1. The highest BCUT2D eigenvalue weighted by molar-refractivity contribution is 6.35. The predicted molar refractivity (Wildman–Crippen MR) is 102 cm³/mol. The van der Waals surface area contributed by atoms with E-state index in [1.807, 2.05) is 36.9 Å². The highest BCUT2D eigenvalue weighted by Gasteiger charge is 2.59. The molecule has 5 nitrogen and oxygen atoms in total. The van der Waals surface area contributed by atoms with Gasteiger partial charge in [-0.3, -0.25) is 14.4 Å². The Morgan fingerprint density at radius 3 is 2.92 bits per heavy atom. The number of nitrogens with zero attached hydrogens (tertiary/aromatic N) is 3. The average molecular weight is 376 g/mol. The topological polar surface area (TPSA) is 47.4 Å². The van der Waals surface area contributed by atoms with Crippen LogP contribution in [0, 0.1) is 5.41 Å². The summed E-state index contributed by atoms with van der Waals surface area (Å²) in [4.78, 5) is 15.2. The van der Waals surface area contributed by atoms with Crippen LogP contribution in [0.4, 0.5) is 0 Å². The van der Waals surface area contributed by atoms with Crippen molar-refractivity contribution in [1.29, 1.82) is 0 Å². The zero-order valence-corrected chi connectivity index (χ0v) is 16.4. The second-order valence-corrected chi connectivity index (χ2v) is 7.97. The summed E-state index contributed by atoms with van der Waals surface area (Å²) in [5.41, 5.74) is 1.68. The number of rotatable bonds is 5.